The molecule has 1 heterocycles. The Morgan fingerprint density at radius 1 is 1.75 bits per heavy atom. The van der Waals surface area contributed by atoms with Crippen LogP contribution in [0.15, 0.2) is 22.8 Å². The number of amides is 1. The van der Waals surface area contributed by atoms with Gasteiger partial charge in [0.25, 0.3) is 5.91 Å². The first-order chi connectivity index (χ1) is 5.72. The molecule has 0 spiro atoms. The van der Waals surface area contributed by atoms with Crippen LogP contribution in [0.4, 0.5) is 6.01 Å². The number of hydrogen-bond donors (Lipinski definition) is 1. The van der Waals surface area contributed by atoms with Crippen LogP contribution in [0.1, 0.15) is 12.7 Å². The van der Waals surface area contributed by atoms with Crippen LogP contribution in [0.3, 0.4) is 0 Å². The molecule has 0 aliphatic rings. The zero-order chi connectivity index (χ0) is 8.97. The predicted molar refractivity (Wildman–Crippen MR) is 44.7 cm³/mol. The van der Waals surface area contributed by atoms with Crippen LogP contribution in [0.2, 0.25) is 0 Å². The van der Waals surface area contributed by atoms with Crippen LogP contribution in [-0.4, -0.2) is 10.9 Å². The van der Waals surface area contributed by atoms with E-state index >= 15 is 0 Å². The van der Waals surface area contributed by atoms with Gasteiger partial charge in [0.15, 0.2) is 0 Å². The molecule has 1 rings (SSSR count). The van der Waals surface area contributed by atoms with Crippen LogP contribution in [0, 0.1) is 6.92 Å². The van der Waals surface area contributed by atoms with Gasteiger partial charge in [-0.3, -0.25) is 10.1 Å². The summed E-state index contributed by atoms with van der Waals surface area (Å²) in [5, 5.41) is 2.46. The molecular weight excluding hydrogens is 156 g/mol. The largest absolute Gasteiger partial charge is 0.429 e. The standard InChI is InChI=1S/C8H10N2O2/c1-3-4-7(11)10-8-9-5-6(2)12-8/h3-5H,1-2H3,(H,9,10,11)/b4-3+. The van der Waals surface area contributed by atoms with Crippen LogP contribution in [0.25, 0.3) is 0 Å². The lowest BCUT2D eigenvalue weighted by Gasteiger charge is -1.92. The van der Waals surface area contributed by atoms with Gasteiger partial charge in [0.1, 0.15) is 5.76 Å². The average Bonchev–Trinajstić information content (AvgIpc) is 2.36. The van der Waals surface area contributed by atoms with Gasteiger partial charge in [-0.15, -0.1) is 0 Å². The van der Waals surface area contributed by atoms with Crippen LogP contribution < -0.4 is 5.32 Å². The van der Waals surface area contributed by atoms with Gasteiger partial charge in [0.2, 0.25) is 0 Å². The molecular formula is C8H10N2O2. The van der Waals surface area contributed by atoms with Gasteiger partial charge in [0, 0.05) is 0 Å². The molecule has 4 nitrogen and oxygen atoms in total. The Kier molecular flexibility index (Phi) is 2.63. The molecule has 1 aromatic heterocycles. The van der Waals surface area contributed by atoms with E-state index < -0.39 is 0 Å². The minimum absolute atomic E-state index is 0.232. The fraction of sp³-hybridized carbons (Fsp3) is 0.250. The van der Waals surface area contributed by atoms with E-state index in [0.29, 0.717) is 5.76 Å². The van der Waals surface area contributed by atoms with Gasteiger partial charge in [-0.2, -0.15) is 0 Å². The summed E-state index contributed by atoms with van der Waals surface area (Å²) in [6, 6.07) is 0.232. The highest BCUT2D eigenvalue weighted by Gasteiger charge is 2.01. The number of nitrogens with zero attached hydrogens (tertiary/aromatic N) is 1. The lowest BCUT2D eigenvalue weighted by atomic mass is 10.5. The third-order valence-electron chi connectivity index (χ3n) is 1.17. The van der Waals surface area contributed by atoms with Gasteiger partial charge >= 0.3 is 6.01 Å². The maximum atomic E-state index is 10.9. The second-order valence-electron chi connectivity index (χ2n) is 2.27. The Morgan fingerprint density at radius 3 is 3.00 bits per heavy atom. The third kappa shape index (κ3) is 2.23. The van der Waals surface area contributed by atoms with Crippen molar-refractivity contribution in [3.05, 3.63) is 24.1 Å². The first kappa shape index (κ1) is 8.52. The van der Waals surface area contributed by atoms with E-state index in [4.69, 9.17) is 4.42 Å². The number of carbonyl (C=O) groups is 1. The summed E-state index contributed by atoms with van der Waals surface area (Å²) in [5.41, 5.74) is 0. The van der Waals surface area contributed by atoms with Crippen LogP contribution >= 0.6 is 0 Å². The maximum absolute atomic E-state index is 10.9. The number of anilines is 1. The zero-order valence-electron chi connectivity index (χ0n) is 7.00. The summed E-state index contributed by atoms with van der Waals surface area (Å²) in [4.78, 5) is 14.7. The van der Waals surface area contributed by atoms with Gasteiger partial charge in [-0.05, 0) is 19.9 Å². The first-order valence-corrected chi connectivity index (χ1v) is 3.58. The molecule has 0 saturated carbocycles. The van der Waals surface area contributed by atoms with Crippen molar-refractivity contribution in [2.45, 2.75) is 13.8 Å². The fourth-order valence-corrected chi connectivity index (χ4v) is 0.711. The molecule has 0 saturated heterocycles. The van der Waals surface area contributed by atoms with Crippen LogP contribution in [0.5, 0.6) is 0 Å². The minimum atomic E-state index is -0.237. The summed E-state index contributed by atoms with van der Waals surface area (Å²) < 4.78 is 5.02. The molecule has 12 heavy (non-hydrogen) atoms. The second-order valence-corrected chi connectivity index (χ2v) is 2.27. The lowest BCUT2D eigenvalue weighted by Crippen LogP contribution is -2.07. The number of allylic oxidation sites excluding steroid dienone is 1. The van der Waals surface area contributed by atoms with Gasteiger partial charge in [-0.25, -0.2) is 4.98 Å². The third-order valence-corrected chi connectivity index (χ3v) is 1.17. The molecule has 0 atom stereocenters. The molecule has 64 valence electrons. The Balaban J connectivity index is 2.58. The van der Waals surface area contributed by atoms with E-state index in [1.807, 2.05) is 0 Å². The molecule has 0 fully saturated rings. The topological polar surface area (TPSA) is 55.1 Å². The van der Waals surface area contributed by atoms with Crippen molar-refractivity contribution in [3.63, 3.8) is 0 Å². The molecule has 0 aliphatic carbocycles. The number of nitrogens with one attached hydrogen (secondary N) is 1. The van der Waals surface area contributed by atoms with Crippen molar-refractivity contribution in [1.82, 2.24) is 4.98 Å². The van der Waals surface area contributed by atoms with E-state index in [9.17, 15) is 4.79 Å². The second kappa shape index (κ2) is 3.71. The van der Waals surface area contributed by atoms with Crippen molar-refractivity contribution in [1.29, 1.82) is 0 Å². The Morgan fingerprint density at radius 2 is 2.50 bits per heavy atom. The van der Waals surface area contributed by atoms with Gasteiger partial charge < -0.3 is 4.42 Å². The SMILES string of the molecule is C/C=C/C(=O)Nc1ncc(C)o1. The van der Waals surface area contributed by atoms with E-state index in [0.717, 1.165) is 0 Å². The summed E-state index contributed by atoms with van der Waals surface area (Å²) in [6.45, 7) is 3.53. The summed E-state index contributed by atoms with van der Waals surface area (Å²) in [6.07, 6.45) is 4.59. The minimum Gasteiger partial charge on any atom is -0.429 e. The smallest absolute Gasteiger partial charge is 0.301 e. The Labute approximate surface area is 70.3 Å². The highest BCUT2D eigenvalue weighted by Crippen LogP contribution is 2.06. The number of rotatable bonds is 2. The highest BCUT2D eigenvalue weighted by molar-refractivity contribution is 5.97. The fourth-order valence-electron chi connectivity index (χ4n) is 0.711. The first-order valence-electron chi connectivity index (χ1n) is 3.58. The number of aromatic nitrogens is 1. The quantitative estimate of drug-likeness (QED) is 0.677. The summed E-state index contributed by atoms with van der Waals surface area (Å²) >= 11 is 0. The molecule has 1 N–H and O–H groups in total. The molecule has 0 aliphatic heterocycles. The Hall–Kier alpha value is -1.58. The molecule has 1 aromatic rings. The number of carbonyl (C=O) groups excluding carboxylic acids is 1. The Bertz CT molecular complexity index is 302. The van der Waals surface area contributed by atoms with Crippen LogP contribution in [-0.2, 0) is 4.79 Å². The molecule has 0 aromatic carbocycles. The van der Waals surface area contributed by atoms with E-state index in [1.54, 1.807) is 26.1 Å². The normalized spacial score (nSPS) is 10.5. The monoisotopic (exact) mass is 166 g/mol. The summed E-state index contributed by atoms with van der Waals surface area (Å²) in [5.74, 6) is 0.435. The van der Waals surface area contributed by atoms with Crippen molar-refractivity contribution >= 4 is 11.9 Å². The number of oxazole rings is 1. The predicted octanol–water partition coefficient (Wildman–Crippen LogP) is 1.50. The number of hydrogen-bond acceptors (Lipinski definition) is 3. The zero-order valence-corrected chi connectivity index (χ0v) is 7.00. The van der Waals surface area contributed by atoms with Crippen molar-refractivity contribution in [2.24, 2.45) is 0 Å². The lowest BCUT2D eigenvalue weighted by molar-refractivity contribution is -0.112. The molecule has 4 heteroatoms. The van der Waals surface area contributed by atoms with Gasteiger partial charge in [-0.1, -0.05) is 6.08 Å². The molecule has 0 unspecified atom stereocenters. The van der Waals surface area contributed by atoms with Crippen molar-refractivity contribution in [2.75, 3.05) is 5.32 Å². The summed E-state index contributed by atoms with van der Waals surface area (Å²) in [7, 11) is 0. The average molecular weight is 166 g/mol. The number of aryl methyl sites for hydroxylation is 1. The maximum Gasteiger partial charge on any atom is 0.301 e. The van der Waals surface area contributed by atoms with E-state index in [2.05, 4.69) is 10.3 Å². The molecule has 0 bridgehead atoms. The molecule has 0 radical (unpaired) electrons. The van der Waals surface area contributed by atoms with Crippen molar-refractivity contribution < 1.29 is 9.21 Å². The highest BCUT2D eigenvalue weighted by atomic mass is 16.4. The van der Waals surface area contributed by atoms with Crippen molar-refractivity contribution in [3.8, 4) is 0 Å². The molecule has 1 amide bonds. The van der Waals surface area contributed by atoms with E-state index in [-0.39, 0.29) is 11.9 Å². The van der Waals surface area contributed by atoms with Gasteiger partial charge in [0.05, 0.1) is 6.20 Å². The van der Waals surface area contributed by atoms with E-state index in [1.165, 1.54) is 6.08 Å².